The number of methoxy groups -OCH3 is 1. The number of amides is 1. The summed E-state index contributed by atoms with van der Waals surface area (Å²) in [6, 6.07) is 14.0. The Labute approximate surface area is 160 Å². The first-order chi connectivity index (χ1) is 13.0. The third kappa shape index (κ3) is 4.95. The summed E-state index contributed by atoms with van der Waals surface area (Å²) in [4.78, 5) is 23.3. The molecule has 3 rings (SSSR count). The van der Waals surface area contributed by atoms with Gasteiger partial charge in [0.2, 0.25) is 11.8 Å². The minimum Gasteiger partial charge on any atom is -0.497 e. The van der Waals surface area contributed by atoms with Crippen LogP contribution >= 0.6 is 11.8 Å². The highest BCUT2D eigenvalue weighted by molar-refractivity contribution is 7.99. The number of ketones is 1. The predicted molar refractivity (Wildman–Crippen MR) is 102 cm³/mol. The van der Waals surface area contributed by atoms with E-state index in [1.165, 1.54) is 18.7 Å². The van der Waals surface area contributed by atoms with Crippen LogP contribution in [0.5, 0.6) is 5.75 Å². The molecule has 0 radical (unpaired) electrons. The maximum atomic E-state index is 12.3. The largest absolute Gasteiger partial charge is 0.497 e. The van der Waals surface area contributed by atoms with E-state index in [1.54, 1.807) is 43.5 Å². The molecule has 0 aliphatic carbocycles. The van der Waals surface area contributed by atoms with E-state index in [0.717, 1.165) is 11.3 Å². The van der Waals surface area contributed by atoms with Crippen LogP contribution in [-0.4, -0.2) is 34.8 Å². The number of nitrogens with one attached hydrogen (secondary N) is 1. The highest BCUT2D eigenvalue weighted by Gasteiger charge is 2.13. The zero-order valence-electron chi connectivity index (χ0n) is 14.8. The van der Waals surface area contributed by atoms with Crippen molar-refractivity contribution in [3.8, 4) is 17.2 Å². The highest BCUT2D eigenvalue weighted by Crippen LogP contribution is 2.25. The van der Waals surface area contributed by atoms with Gasteiger partial charge in [-0.05, 0) is 48.5 Å². The van der Waals surface area contributed by atoms with E-state index in [0.29, 0.717) is 22.4 Å². The summed E-state index contributed by atoms with van der Waals surface area (Å²) in [5.41, 5.74) is 1.97. The van der Waals surface area contributed by atoms with Gasteiger partial charge in [0.05, 0.1) is 12.9 Å². The molecule has 0 spiro atoms. The smallest absolute Gasteiger partial charge is 0.277 e. The number of Topliss-reactive ketones (excluding diaryl/α,β-unsaturated/α-hetero) is 1. The minimum atomic E-state index is -0.159. The Hall–Kier alpha value is -3.13. The van der Waals surface area contributed by atoms with E-state index in [9.17, 15) is 9.59 Å². The third-order valence-corrected chi connectivity index (χ3v) is 4.42. The lowest BCUT2D eigenvalue weighted by molar-refractivity contribution is -0.114. The first kappa shape index (κ1) is 18.7. The maximum absolute atomic E-state index is 12.3. The Morgan fingerprint density at radius 1 is 1.07 bits per heavy atom. The van der Waals surface area contributed by atoms with Crippen LogP contribution in [0.3, 0.4) is 0 Å². The number of anilines is 1. The molecule has 0 saturated carbocycles. The average Bonchev–Trinajstić information content (AvgIpc) is 3.15. The monoisotopic (exact) mass is 383 g/mol. The number of carbonyl (C=O) groups excluding carboxylic acids is 2. The van der Waals surface area contributed by atoms with Gasteiger partial charge in [0, 0.05) is 23.7 Å². The Bertz CT molecular complexity index is 936. The molecule has 2 aromatic carbocycles. The fourth-order valence-corrected chi connectivity index (χ4v) is 2.93. The zero-order chi connectivity index (χ0) is 19.2. The van der Waals surface area contributed by atoms with Gasteiger partial charge in [0.1, 0.15) is 5.75 Å². The molecule has 0 atom stereocenters. The van der Waals surface area contributed by atoms with Crippen LogP contribution in [0.25, 0.3) is 11.5 Å². The Morgan fingerprint density at radius 2 is 1.78 bits per heavy atom. The number of benzene rings is 2. The summed E-state index contributed by atoms with van der Waals surface area (Å²) < 4.78 is 10.7. The van der Waals surface area contributed by atoms with Crippen molar-refractivity contribution < 1.29 is 18.7 Å². The minimum absolute atomic E-state index is 0.0708. The quantitative estimate of drug-likeness (QED) is 0.491. The second kappa shape index (κ2) is 8.50. The standard InChI is InChI=1S/C19H17N3O4S/c1-12(23)20-15-7-3-13(4-8-15)17(24)11-27-19-22-21-18(26-19)14-5-9-16(25-2)10-6-14/h3-10H,11H2,1-2H3,(H,20,23). The molecule has 0 bridgehead atoms. The van der Waals surface area contributed by atoms with E-state index in [-0.39, 0.29) is 17.4 Å². The SMILES string of the molecule is COc1ccc(-c2nnc(SCC(=O)c3ccc(NC(C)=O)cc3)o2)cc1. The normalized spacial score (nSPS) is 10.4. The third-order valence-electron chi connectivity index (χ3n) is 3.60. The average molecular weight is 383 g/mol. The number of aromatic nitrogens is 2. The summed E-state index contributed by atoms with van der Waals surface area (Å²) in [6.45, 7) is 1.43. The van der Waals surface area contributed by atoms with Crippen molar-refractivity contribution in [2.24, 2.45) is 0 Å². The number of nitrogens with zero attached hydrogens (tertiary/aromatic N) is 2. The number of ether oxygens (including phenoxy) is 1. The zero-order valence-corrected chi connectivity index (χ0v) is 15.6. The van der Waals surface area contributed by atoms with E-state index in [2.05, 4.69) is 15.5 Å². The van der Waals surface area contributed by atoms with Gasteiger partial charge in [-0.1, -0.05) is 11.8 Å². The molecule has 1 N–H and O–H groups in total. The van der Waals surface area contributed by atoms with Crippen molar-refractivity contribution in [3.63, 3.8) is 0 Å². The van der Waals surface area contributed by atoms with Crippen molar-refractivity contribution in [2.75, 3.05) is 18.2 Å². The molecule has 0 aliphatic heterocycles. The summed E-state index contributed by atoms with van der Waals surface area (Å²) >= 11 is 1.18. The molecule has 7 nitrogen and oxygen atoms in total. The summed E-state index contributed by atoms with van der Waals surface area (Å²) in [5.74, 6) is 1.06. The van der Waals surface area contributed by atoms with E-state index in [4.69, 9.17) is 9.15 Å². The lowest BCUT2D eigenvalue weighted by atomic mass is 10.1. The fourth-order valence-electron chi connectivity index (χ4n) is 2.27. The fraction of sp³-hybridized carbons (Fsp3) is 0.158. The topological polar surface area (TPSA) is 94.3 Å². The van der Waals surface area contributed by atoms with Crippen LogP contribution in [-0.2, 0) is 4.79 Å². The van der Waals surface area contributed by atoms with Crippen molar-refractivity contribution in [3.05, 3.63) is 54.1 Å². The lowest BCUT2D eigenvalue weighted by Crippen LogP contribution is -2.07. The second-order valence-electron chi connectivity index (χ2n) is 5.57. The van der Waals surface area contributed by atoms with Gasteiger partial charge in [-0.25, -0.2) is 0 Å². The van der Waals surface area contributed by atoms with Crippen LogP contribution in [0.4, 0.5) is 5.69 Å². The van der Waals surface area contributed by atoms with E-state index < -0.39 is 0 Å². The Balaban J connectivity index is 1.59. The number of hydrogen-bond acceptors (Lipinski definition) is 7. The molecule has 8 heteroatoms. The molecular formula is C19H17N3O4S. The van der Waals surface area contributed by atoms with Crippen LogP contribution in [0, 0.1) is 0 Å². The van der Waals surface area contributed by atoms with Crippen LogP contribution in [0.15, 0.2) is 58.2 Å². The van der Waals surface area contributed by atoms with Crippen molar-refractivity contribution in [1.82, 2.24) is 10.2 Å². The van der Waals surface area contributed by atoms with Crippen molar-refractivity contribution in [2.45, 2.75) is 12.1 Å². The molecule has 1 amide bonds. The van der Waals surface area contributed by atoms with Crippen LogP contribution < -0.4 is 10.1 Å². The number of thioether (sulfide) groups is 1. The predicted octanol–water partition coefficient (Wildman–Crippen LogP) is 3.68. The summed E-state index contributed by atoms with van der Waals surface area (Å²) in [5, 5.41) is 10.9. The van der Waals surface area contributed by atoms with E-state index >= 15 is 0 Å². The first-order valence-corrected chi connectivity index (χ1v) is 9.05. The second-order valence-corrected chi connectivity index (χ2v) is 6.50. The molecule has 0 aliphatic rings. The van der Waals surface area contributed by atoms with Gasteiger partial charge >= 0.3 is 0 Å². The molecule has 1 aromatic heterocycles. The van der Waals surface area contributed by atoms with Crippen molar-refractivity contribution >= 4 is 29.1 Å². The molecule has 0 unspecified atom stereocenters. The molecule has 0 saturated heterocycles. The molecule has 1 heterocycles. The summed E-state index contributed by atoms with van der Waals surface area (Å²) in [6.07, 6.45) is 0. The molecular weight excluding hydrogens is 366 g/mol. The highest BCUT2D eigenvalue weighted by atomic mass is 32.2. The van der Waals surface area contributed by atoms with Crippen LogP contribution in [0.1, 0.15) is 17.3 Å². The summed E-state index contributed by atoms with van der Waals surface area (Å²) in [7, 11) is 1.60. The number of hydrogen-bond donors (Lipinski definition) is 1. The number of carbonyl (C=O) groups is 2. The maximum Gasteiger partial charge on any atom is 0.277 e. The van der Waals surface area contributed by atoms with Gasteiger partial charge in [0.25, 0.3) is 5.22 Å². The van der Waals surface area contributed by atoms with Gasteiger partial charge in [-0.15, -0.1) is 10.2 Å². The Morgan fingerprint density at radius 3 is 2.41 bits per heavy atom. The van der Waals surface area contributed by atoms with Gasteiger partial charge < -0.3 is 14.5 Å². The molecule has 0 fully saturated rings. The van der Waals surface area contributed by atoms with E-state index in [1.807, 2.05) is 12.1 Å². The van der Waals surface area contributed by atoms with Gasteiger partial charge in [0.15, 0.2) is 5.78 Å². The molecule has 138 valence electrons. The van der Waals surface area contributed by atoms with Gasteiger partial charge in [-0.2, -0.15) is 0 Å². The number of rotatable bonds is 7. The van der Waals surface area contributed by atoms with Crippen molar-refractivity contribution in [1.29, 1.82) is 0 Å². The molecule has 3 aromatic rings. The Kier molecular flexibility index (Phi) is 5.87. The lowest BCUT2D eigenvalue weighted by Gasteiger charge is -2.03. The first-order valence-electron chi connectivity index (χ1n) is 8.07. The molecule has 27 heavy (non-hydrogen) atoms. The van der Waals surface area contributed by atoms with Gasteiger partial charge in [-0.3, -0.25) is 9.59 Å². The van der Waals surface area contributed by atoms with Crippen LogP contribution in [0.2, 0.25) is 0 Å².